The lowest BCUT2D eigenvalue weighted by molar-refractivity contribution is 0.672. The number of fused-ring (bicyclic) bond motifs is 7. The maximum absolute atomic E-state index is 6.60. The van der Waals surface area contributed by atoms with E-state index in [-0.39, 0.29) is 0 Å². The number of hydrogen-bond acceptors (Lipinski definition) is 5. The number of rotatable bonds is 6. The Kier molecular flexibility index (Phi) is 7.38. The molecule has 0 saturated heterocycles. The fourth-order valence-corrected chi connectivity index (χ4v) is 7.79. The summed E-state index contributed by atoms with van der Waals surface area (Å²) in [5.41, 5.74) is 12.6. The van der Waals surface area contributed by atoms with Crippen LogP contribution in [-0.2, 0) is 0 Å². The second-order valence-electron chi connectivity index (χ2n) is 13.8. The summed E-state index contributed by atoms with van der Waals surface area (Å²) < 4.78 is 8.92. The first kappa shape index (κ1) is 31.8. The third-order valence-corrected chi connectivity index (χ3v) is 10.5. The van der Waals surface area contributed by atoms with Crippen LogP contribution in [0.5, 0.6) is 0 Å². The summed E-state index contributed by atoms with van der Waals surface area (Å²) in [4.78, 5) is 20.1. The van der Waals surface area contributed by atoms with E-state index in [0.29, 0.717) is 17.5 Å². The van der Waals surface area contributed by atoms with Crippen LogP contribution in [0.1, 0.15) is 0 Å². The van der Waals surface area contributed by atoms with E-state index in [1.165, 1.54) is 0 Å². The van der Waals surface area contributed by atoms with Crippen molar-refractivity contribution < 1.29 is 4.42 Å². The van der Waals surface area contributed by atoms with Crippen molar-refractivity contribution in [2.24, 2.45) is 0 Å². The topological polar surface area (TPSA) is 69.6 Å². The minimum atomic E-state index is 0.630. The molecule has 4 aromatic heterocycles. The number of para-hydroxylation sites is 3. The van der Waals surface area contributed by atoms with E-state index in [4.69, 9.17) is 24.4 Å². The zero-order valence-electron chi connectivity index (χ0n) is 30.0. The van der Waals surface area contributed by atoms with Crippen LogP contribution in [0, 0.1) is 0 Å². The first-order valence-electron chi connectivity index (χ1n) is 18.6. The molecule has 7 aromatic carbocycles. The van der Waals surface area contributed by atoms with Crippen molar-refractivity contribution in [3.05, 3.63) is 188 Å². The molecular formula is C50H31N5O. The SMILES string of the molecule is c1ccc(-c2nc(-c3ccccc3)nc(-c3ccc(-c4ccc(-c5nc6c7ccccc7oc6c6c7ccccc7n(-c7ccccc7)c56)cc4)cc3)n2)cc1. The van der Waals surface area contributed by atoms with Crippen molar-refractivity contribution >= 4 is 43.9 Å². The van der Waals surface area contributed by atoms with E-state index in [0.717, 1.165) is 88.6 Å². The number of aromatic nitrogens is 5. The van der Waals surface area contributed by atoms with Gasteiger partial charge in [-0.2, -0.15) is 0 Å². The van der Waals surface area contributed by atoms with Crippen molar-refractivity contribution in [1.29, 1.82) is 0 Å². The molecule has 0 radical (unpaired) electrons. The van der Waals surface area contributed by atoms with Crippen LogP contribution < -0.4 is 0 Å². The molecule has 0 spiro atoms. The van der Waals surface area contributed by atoms with Gasteiger partial charge in [0.2, 0.25) is 0 Å². The molecule has 6 heteroatoms. The molecule has 0 fully saturated rings. The van der Waals surface area contributed by atoms with E-state index in [1.54, 1.807) is 0 Å². The van der Waals surface area contributed by atoms with Gasteiger partial charge in [-0.3, -0.25) is 0 Å². The molecule has 0 aliphatic carbocycles. The van der Waals surface area contributed by atoms with Gasteiger partial charge in [-0.05, 0) is 41.5 Å². The van der Waals surface area contributed by atoms with E-state index in [9.17, 15) is 0 Å². The fourth-order valence-electron chi connectivity index (χ4n) is 7.79. The van der Waals surface area contributed by atoms with E-state index < -0.39 is 0 Å². The molecule has 0 unspecified atom stereocenters. The smallest absolute Gasteiger partial charge is 0.164 e. The van der Waals surface area contributed by atoms with Gasteiger partial charge in [0.15, 0.2) is 23.1 Å². The lowest BCUT2D eigenvalue weighted by Gasteiger charge is -2.12. The fraction of sp³-hybridized carbons (Fsp3) is 0. The minimum absolute atomic E-state index is 0.630. The Hall–Kier alpha value is -7.70. The lowest BCUT2D eigenvalue weighted by atomic mass is 10.00. The third kappa shape index (κ3) is 5.27. The molecule has 0 bridgehead atoms. The number of furan rings is 1. The Labute approximate surface area is 322 Å². The summed E-state index contributed by atoms with van der Waals surface area (Å²) in [5, 5.41) is 3.19. The van der Waals surface area contributed by atoms with Crippen LogP contribution in [0.25, 0.3) is 106 Å². The molecule has 0 N–H and O–H groups in total. The second-order valence-corrected chi connectivity index (χ2v) is 13.8. The van der Waals surface area contributed by atoms with Gasteiger partial charge in [0.05, 0.1) is 22.1 Å². The van der Waals surface area contributed by atoms with Crippen molar-refractivity contribution in [3.63, 3.8) is 0 Å². The van der Waals surface area contributed by atoms with Gasteiger partial charge >= 0.3 is 0 Å². The first-order valence-corrected chi connectivity index (χ1v) is 18.6. The Morgan fingerprint density at radius 1 is 0.375 bits per heavy atom. The van der Waals surface area contributed by atoms with Crippen molar-refractivity contribution in [2.75, 3.05) is 0 Å². The van der Waals surface area contributed by atoms with Crippen LogP contribution in [0.15, 0.2) is 192 Å². The first-order chi connectivity index (χ1) is 27.8. The van der Waals surface area contributed by atoms with Gasteiger partial charge in [0.25, 0.3) is 0 Å². The average molecular weight is 718 g/mol. The Balaban J connectivity index is 1.03. The minimum Gasteiger partial charge on any atom is -0.454 e. The molecule has 11 rings (SSSR count). The molecule has 0 atom stereocenters. The summed E-state index contributed by atoms with van der Waals surface area (Å²) in [6.45, 7) is 0. The predicted molar refractivity (Wildman–Crippen MR) is 226 cm³/mol. The van der Waals surface area contributed by atoms with Crippen LogP contribution in [0.4, 0.5) is 0 Å². The Morgan fingerprint density at radius 2 is 0.839 bits per heavy atom. The summed E-state index contributed by atoms with van der Waals surface area (Å²) in [6, 6.07) is 64.4. The van der Waals surface area contributed by atoms with Gasteiger partial charge in [0.1, 0.15) is 11.1 Å². The van der Waals surface area contributed by atoms with Crippen molar-refractivity contribution in [2.45, 2.75) is 0 Å². The molecule has 0 aliphatic rings. The second kappa shape index (κ2) is 13.0. The van der Waals surface area contributed by atoms with Crippen LogP contribution in [0.2, 0.25) is 0 Å². The van der Waals surface area contributed by atoms with Crippen molar-refractivity contribution in [3.8, 4) is 62.2 Å². The molecule has 6 nitrogen and oxygen atoms in total. The van der Waals surface area contributed by atoms with Crippen molar-refractivity contribution in [1.82, 2.24) is 24.5 Å². The Bertz CT molecular complexity index is 3150. The highest BCUT2D eigenvalue weighted by molar-refractivity contribution is 6.25. The van der Waals surface area contributed by atoms with Gasteiger partial charge in [-0.25, -0.2) is 19.9 Å². The zero-order chi connectivity index (χ0) is 37.0. The van der Waals surface area contributed by atoms with Crippen LogP contribution in [0.3, 0.4) is 0 Å². The summed E-state index contributed by atoms with van der Waals surface area (Å²) in [5.74, 6) is 1.92. The van der Waals surface area contributed by atoms with Crippen LogP contribution in [-0.4, -0.2) is 24.5 Å². The van der Waals surface area contributed by atoms with Crippen LogP contribution >= 0.6 is 0 Å². The quantitative estimate of drug-likeness (QED) is 0.171. The third-order valence-electron chi connectivity index (χ3n) is 10.5. The molecule has 56 heavy (non-hydrogen) atoms. The molecule has 11 aromatic rings. The van der Waals surface area contributed by atoms with E-state index in [2.05, 4.69) is 108 Å². The van der Waals surface area contributed by atoms with E-state index in [1.807, 2.05) is 84.9 Å². The number of nitrogens with zero attached hydrogens (tertiary/aromatic N) is 5. The van der Waals surface area contributed by atoms with Gasteiger partial charge in [-0.15, -0.1) is 0 Å². The predicted octanol–water partition coefficient (Wildman–Crippen LogP) is 12.6. The van der Waals surface area contributed by atoms with Gasteiger partial charge in [0, 0.05) is 38.7 Å². The Morgan fingerprint density at radius 3 is 1.45 bits per heavy atom. The maximum atomic E-state index is 6.60. The normalized spacial score (nSPS) is 11.6. The monoisotopic (exact) mass is 717 g/mol. The molecule has 262 valence electrons. The summed E-state index contributed by atoms with van der Waals surface area (Å²) >= 11 is 0. The molecule has 0 saturated carbocycles. The number of benzene rings is 7. The van der Waals surface area contributed by atoms with Gasteiger partial charge < -0.3 is 8.98 Å². The molecule has 0 aliphatic heterocycles. The summed E-state index contributed by atoms with van der Waals surface area (Å²) in [6.07, 6.45) is 0. The number of hydrogen-bond donors (Lipinski definition) is 0. The van der Waals surface area contributed by atoms with E-state index >= 15 is 0 Å². The highest BCUT2D eigenvalue weighted by Crippen LogP contribution is 2.44. The van der Waals surface area contributed by atoms with Gasteiger partial charge in [-0.1, -0.05) is 158 Å². The molecular weight excluding hydrogens is 687 g/mol. The highest BCUT2D eigenvalue weighted by atomic mass is 16.3. The lowest BCUT2D eigenvalue weighted by Crippen LogP contribution is -2.00. The standard InChI is InChI=1S/C50H31N5O/c1-4-14-35(15-5-1)48-52-49(36-16-6-2-7-17-36)54-50(53-48)37-30-26-33(27-31-37)32-24-28-34(29-25-32)44-46-43(47-45(51-44)40-21-11-13-23-42(40)56-47)39-20-10-12-22-41(39)55(46)38-18-8-3-9-19-38/h1-31H. The number of pyridine rings is 1. The summed E-state index contributed by atoms with van der Waals surface area (Å²) in [7, 11) is 0. The highest BCUT2D eigenvalue weighted by Gasteiger charge is 2.24. The zero-order valence-corrected chi connectivity index (χ0v) is 30.0. The molecule has 4 heterocycles. The largest absolute Gasteiger partial charge is 0.454 e. The molecule has 0 amide bonds. The average Bonchev–Trinajstić information content (AvgIpc) is 3.83. The maximum Gasteiger partial charge on any atom is 0.164 e.